The highest BCUT2D eigenvalue weighted by molar-refractivity contribution is 5.85. The summed E-state index contributed by atoms with van der Waals surface area (Å²) in [6, 6.07) is 10.7. The summed E-state index contributed by atoms with van der Waals surface area (Å²) in [4.78, 5) is 8.95. The number of nitrogens with zero attached hydrogens (tertiary/aromatic N) is 4. The monoisotopic (exact) mass is 423 g/mol. The van der Waals surface area contributed by atoms with Gasteiger partial charge in [0.05, 0.1) is 6.61 Å². The first-order chi connectivity index (χ1) is 15.1. The smallest absolute Gasteiger partial charge is 0.201 e. The third-order valence-electron chi connectivity index (χ3n) is 5.28. The lowest BCUT2D eigenvalue weighted by atomic mass is 10.0. The molecule has 1 unspecified atom stereocenters. The van der Waals surface area contributed by atoms with Crippen molar-refractivity contribution in [3.63, 3.8) is 0 Å². The van der Waals surface area contributed by atoms with Gasteiger partial charge in [0.2, 0.25) is 5.82 Å². The third-order valence-corrected chi connectivity index (χ3v) is 5.28. The van der Waals surface area contributed by atoms with Crippen molar-refractivity contribution in [2.45, 2.75) is 18.8 Å². The number of anilines is 1. The topological polar surface area (TPSA) is 87.6 Å². The molecule has 1 aliphatic heterocycles. The fourth-order valence-electron chi connectivity index (χ4n) is 3.76. The maximum atomic E-state index is 13.9. The fourth-order valence-corrected chi connectivity index (χ4v) is 3.76. The molecule has 9 heteroatoms. The van der Waals surface area contributed by atoms with Gasteiger partial charge in [-0.3, -0.25) is 0 Å². The van der Waals surface area contributed by atoms with Gasteiger partial charge in [0, 0.05) is 18.1 Å². The van der Waals surface area contributed by atoms with Crippen molar-refractivity contribution in [1.82, 2.24) is 19.6 Å². The number of hydrogen-bond donors (Lipinski definition) is 1. The van der Waals surface area contributed by atoms with E-state index in [4.69, 9.17) is 20.2 Å². The summed E-state index contributed by atoms with van der Waals surface area (Å²) in [5.74, 6) is -0.602. The zero-order chi connectivity index (χ0) is 21.4. The molecule has 1 saturated heterocycles. The average molecular weight is 423 g/mol. The van der Waals surface area contributed by atoms with Crippen LogP contribution in [-0.4, -0.2) is 32.8 Å². The van der Waals surface area contributed by atoms with Crippen molar-refractivity contribution in [3.05, 3.63) is 66.3 Å². The van der Waals surface area contributed by atoms with E-state index in [0.717, 1.165) is 36.9 Å². The number of fused-ring (bicyclic) bond motifs is 1. The van der Waals surface area contributed by atoms with Crippen molar-refractivity contribution >= 4 is 11.3 Å². The average Bonchev–Trinajstić information content (AvgIpc) is 3.19. The molecule has 2 aromatic carbocycles. The van der Waals surface area contributed by atoms with Crippen LogP contribution in [0.3, 0.4) is 0 Å². The Hall–Kier alpha value is -3.59. The van der Waals surface area contributed by atoms with Crippen molar-refractivity contribution in [2.75, 3.05) is 18.9 Å². The molecule has 0 aliphatic carbocycles. The van der Waals surface area contributed by atoms with E-state index in [2.05, 4.69) is 10.1 Å². The molecule has 0 bridgehead atoms. The van der Waals surface area contributed by atoms with Crippen LogP contribution in [0, 0.1) is 11.6 Å². The molecule has 1 atom stereocenters. The van der Waals surface area contributed by atoms with Crippen LogP contribution in [0.4, 0.5) is 14.6 Å². The minimum Gasteiger partial charge on any atom is -0.454 e. The van der Waals surface area contributed by atoms with Crippen molar-refractivity contribution in [3.8, 4) is 22.8 Å². The lowest BCUT2D eigenvalue weighted by Gasteiger charge is -2.20. The van der Waals surface area contributed by atoms with Crippen LogP contribution in [0.1, 0.15) is 24.6 Å². The number of benzene rings is 2. The standard InChI is InChI=1S/C22H19F2N5O2/c23-16-4-1-5-17(18(16)24)31-15-8-6-13(7-9-15)19-20-21(25)26-12-27-29(20)22(28-19)14-3-2-10-30-11-14/h1,4-9,12,14H,2-3,10-11H2,(H2,25,26,27). The van der Waals surface area contributed by atoms with Crippen molar-refractivity contribution in [2.24, 2.45) is 0 Å². The van der Waals surface area contributed by atoms with E-state index in [1.54, 1.807) is 28.8 Å². The van der Waals surface area contributed by atoms with Gasteiger partial charge in [0.15, 0.2) is 17.4 Å². The Morgan fingerprint density at radius 2 is 1.97 bits per heavy atom. The summed E-state index contributed by atoms with van der Waals surface area (Å²) in [7, 11) is 0. The van der Waals surface area contributed by atoms with Gasteiger partial charge in [0.25, 0.3) is 0 Å². The number of nitrogens with two attached hydrogens (primary N) is 1. The minimum atomic E-state index is -1.03. The van der Waals surface area contributed by atoms with E-state index in [1.165, 1.54) is 18.5 Å². The number of ether oxygens (including phenoxy) is 2. The van der Waals surface area contributed by atoms with E-state index in [1.807, 2.05) is 0 Å². The normalized spacial score (nSPS) is 16.5. The Kier molecular flexibility index (Phi) is 4.95. The molecule has 3 heterocycles. The van der Waals surface area contributed by atoms with Crippen LogP contribution >= 0.6 is 0 Å². The van der Waals surface area contributed by atoms with Crippen LogP contribution in [0.5, 0.6) is 11.5 Å². The zero-order valence-electron chi connectivity index (χ0n) is 16.5. The molecule has 2 N–H and O–H groups in total. The molecule has 5 rings (SSSR count). The largest absolute Gasteiger partial charge is 0.454 e. The molecule has 0 amide bonds. The van der Waals surface area contributed by atoms with Crippen LogP contribution in [-0.2, 0) is 4.74 Å². The second kappa shape index (κ2) is 7.92. The van der Waals surface area contributed by atoms with Gasteiger partial charge in [-0.05, 0) is 49.2 Å². The second-order valence-electron chi connectivity index (χ2n) is 7.32. The van der Waals surface area contributed by atoms with Gasteiger partial charge in [-0.1, -0.05) is 6.07 Å². The summed E-state index contributed by atoms with van der Waals surface area (Å²) < 4.78 is 40.1. The first-order valence-corrected chi connectivity index (χ1v) is 9.91. The molecule has 0 saturated carbocycles. The molecule has 1 fully saturated rings. The van der Waals surface area contributed by atoms with Gasteiger partial charge in [-0.2, -0.15) is 9.49 Å². The zero-order valence-corrected chi connectivity index (χ0v) is 16.5. The molecule has 0 radical (unpaired) electrons. The molecule has 2 aromatic heterocycles. The molecular formula is C22H19F2N5O2. The molecule has 31 heavy (non-hydrogen) atoms. The highest BCUT2D eigenvalue weighted by Gasteiger charge is 2.25. The molecule has 158 valence electrons. The van der Waals surface area contributed by atoms with Crippen LogP contribution in [0.25, 0.3) is 16.8 Å². The highest BCUT2D eigenvalue weighted by atomic mass is 19.2. The van der Waals surface area contributed by atoms with Crippen LogP contribution in [0.15, 0.2) is 48.8 Å². The van der Waals surface area contributed by atoms with E-state index in [9.17, 15) is 8.78 Å². The predicted molar refractivity (Wildman–Crippen MR) is 110 cm³/mol. The molecule has 7 nitrogen and oxygen atoms in total. The minimum absolute atomic E-state index is 0.114. The van der Waals surface area contributed by atoms with Gasteiger partial charge >= 0.3 is 0 Å². The number of hydrogen-bond acceptors (Lipinski definition) is 6. The van der Waals surface area contributed by atoms with Gasteiger partial charge in [0.1, 0.15) is 29.1 Å². The third kappa shape index (κ3) is 3.57. The number of rotatable bonds is 4. The number of aromatic nitrogens is 4. The summed E-state index contributed by atoms with van der Waals surface area (Å²) in [6.07, 6.45) is 3.32. The summed E-state index contributed by atoms with van der Waals surface area (Å²) in [5.41, 5.74) is 8.19. The summed E-state index contributed by atoms with van der Waals surface area (Å²) in [6.45, 7) is 1.32. The molecule has 4 aromatic rings. The van der Waals surface area contributed by atoms with Crippen molar-refractivity contribution in [1.29, 1.82) is 0 Å². The fraction of sp³-hybridized carbons (Fsp3) is 0.227. The lowest BCUT2D eigenvalue weighted by molar-refractivity contribution is 0.0776. The van der Waals surface area contributed by atoms with E-state index >= 15 is 0 Å². The maximum Gasteiger partial charge on any atom is 0.201 e. The first kappa shape index (κ1) is 19.4. The van der Waals surface area contributed by atoms with Gasteiger partial charge in [-0.25, -0.2) is 18.9 Å². The second-order valence-corrected chi connectivity index (χ2v) is 7.32. The van der Waals surface area contributed by atoms with Crippen molar-refractivity contribution < 1.29 is 18.3 Å². The van der Waals surface area contributed by atoms with Crippen LogP contribution < -0.4 is 10.5 Å². The number of imidazole rings is 1. The quantitative estimate of drug-likeness (QED) is 0.526. The van der Waals surface area contributed by atoms with E-state index < -0.39 is 11.6 Å². The lowest BCUT2D eigenvalue weighted by Crippen LogP contribution is -2.18. The molecule has 1 aliphatic rings. The van der Waals surface area contributed by atoms with E-state index in [0.29, 0.717) is 29.4 Å². The molecular weight excluding hydrogens is 404 g/mol. The SMILES string of the molecule is Nc1ncnn2c(C3CCCOC3)nc(-c3ccc(Oc4cccc(F)c4F)cc3)c12. The Morgan fingerprint density at radius 3 is 2.74 bits per heavy atom. The maximum absolute atomic E-state index is 13.9. The number of nitrogen functional groups attached to an aromatic ring is 1. The molecule has 0 spiro atoms. The van der Waals surface area contributed by atoms with Gasteiger partial charge in [-0.15, -0.1) is 0 Å². The van der Waals surface area contributed by atoms with Crippen LogP contribution in [0.2, 0.25) is 0 Å². The Labute approximate surface area is 176 Å². The predicted octanol–water partition coefficient (Wildman–Crippen LogP) is 4.34. The summed E-state index contributed by atoms with van der Waals surface area (Å²) >= 11 is 0. The van der Waals surface area contributed by atoms with E-state index in [-0.39, 0.29) is 11.7 Å². The highest BCUT2D eigenvalue weighted by Crippen LogP contribution is 2.34. The van der Waals surface area contributed by atoms with Gasteiger partial charge < -0.3 is 15.2 Å². The summed E-state index contributed by atoms with van der Waals surface area (Å²) in [5, 5.41) is 4.36. The Morgan fingerprint density at radius 1 is 1.13 bits per heavy atom. The first-order valence-electron chi connectivity index (χ1n) is 9.91. The Balaban J connectivity index is 1.51. The number of halogens is 2. The Bertz CT molecular complexity index is 1240.